The maximum absolute atomic E-state index is 12.3. The Labute approximate surface area is 154 Å². The molecule has 1 fully saturated rings. The van der Waals surface area contributed by atoms with Gasteiger partial charge >= 0.3 is 0 Å². The van der Waals surface area contributed by atoms with Crippen LogP contribution >= 0.6 is 11.3 Å². The van der Waals surface area contributed by atoms with Crippen molar-refractivity contribution in [3.8, 4) is 10.6 Å². The molecule has 0 radical (unpaired) electrons. The van der Waals surface area contributed by atoms with Crippen molar-refractivity contribution in [1.82, 2.24) is 25.7 Å². The molecule has 0 spiro atoms. The highest BCUT2D eigenvalue weighted by molar-refractivity contribution is 7.14. The first kappa shape index (κ1) is 16.8. The van der Waals surface area contributed by atoms with Gasteiger partial charge in [0.2, 0.25) is 5.89 Å². The summed E-state index contributed by atoms with van der Waals surface area (Å²) in [4.78, 5) is 16.6. The summed E-state index contributed by atoms with van der Waals surface area (Å²) < 4.78 is 5.16. The second-order valence-electron chi connectivity index (χ2n) is 6.33. The molecule has 0 aliphatic heterocycles. The number of hydrogen-bond acceptors (Lipinski definition) is 7. The van der Waals surface area contributed by atoms with Crippen LogP contribution in [0, 0.1) is 0 Å². The van der Waals surface area contributed by atoms with E-state index in [1.807, 2.05) is 12.1 Å². The average molecular weight is 369 g/mol. The van der Waals surface area contributed by atoms with Crippen LogP contribution in [-0.4, -0.2) is 26.2 Å². The van der Waals surface area contributed by atoms with Crippen molar-refractivity contribution >= 4 is 17.2 Å². The summed E-state index contributed by atoms with van der Waals surface area (Å²) >= 11 is 1.59. The smallest absolute Gasteiger partial charge is 0.251 e. The molecule has 26 heavy (non-hydrogen) atoms. The summed E-state index contributed by atoms with van der Waals surface area (Å²) in [6, 6.07) is 7.36. The third kappa shape index (κ3) is 3.80. The Hall–Kier alpha value is -2.61. The summed E-state index contributed by atoms with van der Waals surface area (Å²) in [5.74, 6) is 1.45. The van der Waals surface area contributed by atoms with E-state index in [0.29, 0.717) is 17.4 Å². The van der Waals surface area contributed by atoms with Crippen LogP contribution in [0.2, 0.25) is 0 Å². The van der Waals surface area contributed by atoms with E-state index >= 15 is 0 Å². The van der Waals surface area contributed by atoms with E-state index < -0.39 is 0 Å². The van der Waals surface area contributed by atoms with E-state index in [-0.39, 0.29) is 12.5 Å². The Morgan fingerprint density at radius 1 is 1.27 bits per heavy atom. The lowest BCUT2D eigenvalue weighted by Gasteiger charge is -2.03. The fourth-order valence-electron chi connectivity index (χ4n) is 2.55. The highest BCUT2D eigenvalue weighted by Gasteiger charge is 2.28. The van der Waals surface area contributed by atoms with Gasteiger partial charge in [-0.1, -0.05) is 35.5 Å². The topological polar surface area (TPSA) is 93.8 Å². The molecule has 1 aliphatic carbocycles. The second-order valence-corrected chi connectivity index (χ2v) is 7.39. The average Bonchev–Trinajstić information content (AvgIpc) is 3.22. The van der Waals surface area contributed by atoms with E-state index in [9.17, 15) is 4.79 Å². The minimum Gasteiger partial charge on any atom is -0.343 e. The van der Waals surface area contributed by atoms with Crippen molar-refractivity contribution in [2.75, 3.05) is 0 Å². The van der Waals surface area contributed by atoms with E-state index in [1.165, 1.54) is 0 Å². The van der Waals surface area contributed by atoms with Crippen LogP contribution in [0.1, 0.15) is 59.2 Å². The molecule has 0 bridgehead atoms. The molecule has 1 saturated carbocycles. The van der Waals surface area contributed by atoms with Gasteiger partial charge in [-0.2, -0.15) is 4.98 Å². The highest BCUT2D eigenvalue weighted by atomic mass is 32.1. The number of nitrogens with zero attached hydrogens (tertiary/aromatic N) is 4. The maximum Gasteiger partial charge on any atom is 0.251 e. The Kier molecular flexibility index (Phi) is 4.75. The Balaban J connectivity index is 1.36. The number of nitrogens with one attached hydrogen (secondary N) is 1. The molecule has 2 aromatic heterocycles. The molecule has 1 amide bonds. The first-order valence-electron chi connectivity index (χ1n) is 8.76. The van der Waals surface area contributed by atoms with Crippen molar-refractivity contribution in [2.45, 2.75) is 45.1 Å². The van der Waals surface area contributed by atoms with Crippen LogP contribution in [-0.2, 0) is 13.0 Å². The van der Waals surface area contributed by atoms with Crippen molar-refractivity contribution in [3.05, 3.63) is 46.6 Å². The number of rotatable bonds is 7. The molecule has 2 heterocycles. The van der Waals surface area contributed by atoms with Crippen LogP contribution in [0.15, 0.2) is 28.8 Å². The van der Waals surface area contributed by atoms with E-state index in [0.717, 1.165) is 47.1 Å². The monoisotopic (exact) mass is 369 g/mol. The van der Waals surface area contributed by atoms with Gasteiger partial charge in [0.15, 0.2) is 5.82 Å². The van der Waals surface area contributed by atoms with Gasteiger partial charge in [0.25, 0.3) is 5.91 Å². The molecular weight excluding hydrogens is 350 g/mol. The first-order chi connectivity index (χ1) is 12.7. The number of carbonyl (C=O) groups is 1. The van der Waals surface area contributed by atoms with Crippen LogP contribution in [0.4, 0.5) is 0 Å². The summed E-state index contributed by atoms with van der Waals surface area (Å²) in [6.45, 7) is 2.35. The summed E-state index contributed by atoms with van der Waals surface area (Å²) in [5.41, 5.74) is 1.54. The molecule has 0 saturated heterocycles. The van der Waals surface area contributed by atoms with Gasteiger partial charge in [-0.25, -0.2) is 0 Å². The zero-order valence-corrected chi connectivity index (χ0v) is 15.3. The lowest BCUT2D eigenvalue weighted by atomic mass is 10.1. The summed E-state index contributed by atoms with van der Waals surface area (Å²) in [7, 11) is 0. The molecule has 0 atom stereocenters. The van der Waals surface area contributed by atoms with Gasteiger partial charge in [-0.15, -0.1) is 10.2 Å². The Morgan fingerprint density at radius 3 is 2.81 bits per heavy atom. The van der Waals surface area contributed by atoms with Crippen LogP contribution in [0.3, 0.4) is 0 Å². The maximum atomic E-state index is 12.3. The van der Waals surface area contributed by atoms with Crippen molar-refractivity contribution in [3.63, 3.8) is 0 Å². The Morgan fingerprint density at radius 2 is 2.08 bits per heavy atom. The predicted octanol–water partition coefficient (Wildman–Crippen LogP) is 3.35. The first-order valence-corrected chi connectivity index (χ1v) is 9.58. The van der Waals surface area contributed by atoms with Gasteiger partial charge in [0, 0.05) is 23.5 Å². The van der Waals surface area contributed by atoms with Crippen LogP contribution in [0.5, 0.6) is 0 Å². The summed E-state index contributed by atoms with van der Waals surface area (Å²) in [5, 5.41) is 17.1. The third-order valence-corrected chi connectivity index (χ3v) is 5.18. The quantitative estimate of drug-likeness (QED) is 0.686. The highest BCUT2D eigenvalue weighted by Crippen LogP contribution is 2.38. The zero-order chi connectivity index (χ0) is 17.9. The van der Waals surface area contributed by atoms with E-state index in [4.69, 9.17) is 4.52 Å². The summed E-state index contributed by atoms with van der Waals surface area (Å²) in [6.07, 6.45) is 4.23. The molecular formula is C18H19N5O2S. The van der Waals surface area contributed by atoms with Crippen LogP contribution < -0.4 is 5.32 Å². The van der Waals surface area contributed by atoms with E-state index in [2.05, 4.69) is 32.6 Å². The molecule has 1 aliphatic rings. The SMILES string of the molecule is CCCc1nnc(-c2ccc(C(=O)NCc3nc(C4CC4)no3)cc2)s1. The second kappa shape index (κ2) is 7.33. The van der Waals surface area contributed by atoms with Gasteiger partial charge in [0.1, 0.15) is 10.0 Å². The fraction of sp³-hybridized carbons (Fsp3) is 0.389. The minimum atomic E-state index is -0.174. The molecule has 7 nitrogen and oxygen atoms in total. The normalized spacial score (nSPS) is 13.7. The molecule has 3 aromatic rings. The van der Waals surface area contributed by atoms with Gasteiger partial charge < -0.3 is 9.84 Å². The largest absolute Gasteiger partial charge is 0.343 e. The number of amides is 1. The lowest BCUT2D eigenvalue weighted by molar-refractivity contribution is 0.0946. The predicted molar refractivity (Wildman–Crippen MR) is 96.8 cm³/mol. The van der Waals surface area contributed by atoms with Gasteiger partial charge in [0.05, 0.1) is 6.54 Å². The third-order valence-electron chi connectivity index (χ3n) is 4.15. The standard InChI is InChI=1S/C18H19N5O2S/c1-2-3-15-21-22-18(26-15)13-8-6-12(7-9-13)17(24)19-10-14-20-16(23-25-14)11-4-5-11/h6-9,11H,2-5,10H2,1H3,(H,19,24). The zero-order valence-electron chi connectivity index (χ0n) is 14.4. The molecule has 4 rings (SSSR count). The Bertz CT molecular complexity index is 898. The minimum absolute atomic E-state index is 0.174. The number of aryl methyl sites for hydroxylation is 1. The van der Waals surface area contributed by atoms with Gasteiger partial charge in [-0.05, 0) is 31.4 Å². The fourth-order valence-corrected chi connectivity index (χ4v) is 3.50. The van der Waals surface area contributed by atoms with Crippen LogP contribution in [0.25, 0.3) is 10.6 Å². The molecule has 134 valence electrons. The molecule has 1 N–H and O–H groups in total. The van der Waals surface area contributed by atoms with Crippen molar-refractivity contribution < 1.29 is 9.32 Å². The molecule has 0 unspecified atom stereocenters. The number of aromatic nitrogens is 4. The number of benzene rings is 1. The molecule has 8 heteroatoms. The van der Waals surface area contributed by atoms with E-state index in [1.54, 1.807) is 23.5 Å². The number of hydrogen-bond donors (Lipinski definition) is 1. The van der Waals surface area contributed by atoms with Crippen molar-refractivity contribution in [2.24, 2.45) is 0 Å². The number of carbonyl (C=O) groups excluding carboxylic acids is 1. The molecule has 1 aromatic carbocycles. The lowest BCUT2D eigenvalue weighted by Crippen LogP contribution is -2.22. The van der Waals surface area contributed by atoms with Crippen molar-refractivity contribution in [1.29, 1.82) is 0 Å². The van der Waals surface area contributed by atoms with Gasteiger partial charge in [-0.3, -0.25) is 4.79 Å².